The molecule has 0 unspecified atom stereocenters. The maximum absolute atomic E-state index is 13.3. The summed E-state index contributed by atoms with van der Waals surface area (Å²) < 4.78 is 73.6. The largest absolute Gasteiger partial charge is 0.496 e. The van der Waals surface area contributed by atoms with Crippen molar-refractivity contribution >= 4 is 28.3 Å². The monoisotopic (exact) mass is 399 g/mol. The molecule has 122 valence electrons. The summed E-state index contributed by atoms with van der Waals surface area (Å²) in [5, 5.41) is 0. The lowest BCUT2D eigenvalue weighted by molar-refractivity contribution is -0.291. The molecule has 0 aromatic heterocycles. The summed E-state index contributed by atoms with van der Waals surface area (Å²) in [6, 6.07) is -0.423. The molecule has 0 amide bonds. The van der Waals surface area contributed by atoms with Crippen LogP contribution in [0.5, 0.6) is 11.5 Å². The van der Waals surface area contributed by atoms with E-state index < -0.39 is 23.7 Å². The highest BCUT2D eigenvalue weighted by Crippen LogP contribution is 2.46. The quantitative estimate of drug-likeness (QED) is 0.775. The lowest BCUT2D eigenvalue weighted by atomic mass is 9.99. The van der Waals surface area contributed by atoms with Crippen LogP contribution in [0.15, 0.2) is 16.6 Å². The Morgan fingerprint density at radius 2 is 1.52 bits per heavy atom. The van der Waals surface area contributed by atoms with Gasteiger partial charge in [-0.05, 0) is 28.1 Å². The van der Waals surface area contributed by atoms with Gasteiger partial charge in [0.1, 0.15) is 17.5 Å². The van der Waals surface area contributed by atoms with Crippen LogP contribution in [0.2, 0.25) is 0 Å². The summed E-state index contributed by atoms with van der Waals surface area (Å²) in [5.41, 5.74) is 4.58. The summed E-state index contributed by atoms with van der Waals surface area (Å²) in [6.07, 6.45) is -5.77. The molecule has 0 aliphatic carbocycles. The second-order valence-corrected chi connectivity index (χ2v) is 4.68. The van der Waals surface area contributed by atoms with Crippen molar-refractivity contribution in [1.82, 2.24) is 0 Å². The van der Waals surface area contributed by atoms with Crippen LogP contribution in [0, 0.1) is 0 Å². The Balaban J connectivity index is 0.00000400. The zero-order chi connectivity index (χ0) is 15.7. The molecule has 0 spiro atoms. The minimum atomic E-state index is -5.77. The summed E-state index contributed by atoms with van der Waals surface area (Å²) in [4.78, 5) is 0. The van der Waals surface area contributed by atoms with E-state index in [1.54, 1.807) is 0 Å². The number of methoxy groups -OCH3 is 2. The van der Waals surface area contributed by atoms with Crippen molar-refractivity contribution in [3.05, 3.63) is 22.2 Å². The van der Waals surface area contributed by atoms with Crippen LogP contribution in [0.1, 0.15) is 11.6 Å². The first kappa shape index (κ1) is 20.2. The maximum Gasteiger partial charge on any atom is 0.455 e. The minimum Gasteiger partial charge on any atom is -0.496 e. The fourth-order valence-corrected chi connectivity index (χ4v) is 1.98. The third kappa shape index (κ3) is 3.89. The van der Waals surface area contributed by atoms with Crippen LogP contribution in [0.4, 0.5) is 22.0 Å². The summed E-state index contributed by atoms with van der Waals surface area (Å²) in [7, 11) is 2.37. The van der Waals surface area contributed by atoms with Gasteiger partial charge in [-0.15, -0.1) is 12.4 Å². The van der Waals surface area contributed by atoms with Crippen LogP contribution in [0.3, 0.4) is 0 Å². The van der Waals surface area contributed by atoms with Gasteiger partial charge in [-0.1, -0.05) is 0 Å². The molecule has 0 heterocycles. The molecule has 0 bridgehead atoms. The lowest BCUT2D eigenvalue weighted by Crippen LogP contribution is -2.46. The predicted molar refractivity (Wildman–Crippen MR) is 72.4 cm³/mol. The van der Waals surface area contributed by atoms with Crippen LogP contribution in [-0.2, 0) is 0 Å². The lowest BCUT2D eigenvalue weighted by Gasteiger charge is -2.27. The third-order valence-corrected chi connectivity index (χ3v) is 3.23. The number of halogens is 7. The number of hydrogen-bond donors (Lipinski definition) is 1. The van der Waals surface area contributed by atoms with Gasteiger partial charge in [0.25, 0.3) is 0 Å². The van der Waals surface area contributed by atoms with Crippen molar-refractivity contribution in [2.45, 2.75) is 18.1 Å². The Hall–Kier alpha value is -0.800. The van der Waals surface area contributed by atoms with Crippen molar-refractivity contribution in [2.75, 3.05) is 14.2 Å². The van der Waals surface area contributed by atoms with Gasteiger partial charge in [0.2, 0.25) is 0 Å². The van der Waals surface area contributed by atoms with E-state index in [2.05, 4.69) is 15.9 Å². The van der Waals surface area contributed by atoms with E-state index in [4.69, 9.17) is 15.2 Å². The van der Waals surface area contributed by atoms with Crippen LogP contribution < -0.4 is 15.2 Å². The SMILES string of the molecule is COc1cc([C@@H](N)C(F)(F)C(F)(F)F)c(OC)cc1Br.Cl. The van der Waals surface area contributed by atoms with E-state index >= 15 is 0 Å². The molecule has 0 aliphatic rings. The van der Waals surface area contributed by atoms with Gasteiger partial charge in [-0.25, -0.2) is 0 Å². The standard InChI is InChI=1S/C11H11BrF5NO2.ClH/c1-19-7-4-6(12)8(20-2)3-5(7)9(18)10(13,14)11(15,16)17;/h3-4,9H,18H2,1-2H3;1H/t9-;/m1./s1. The molecular formula is C11H12BrClF5NO2. The summed E-state index contributed by atoms with van der Waals surface area (Å²) in [6.45, 7) is 0. The Labute approximate surface area is 132 Å². The molecule has 0 fully saturated rings. The molecule has 2 N–H and O–H groups in total. The average molecular weight is 401 g/mol. The number of nitrogens with two attached hydrogens (primary N) is 1. The maximum atomic E-state index is 13.3. The molecule has 0 aliphatic heterocycles. The van der Waals surface area contributed by atoms with E-state index in [9.17, 15) is 22.0 Å². The third-order valence-electron chi connectivity index (χ3n) is 2.61. The van der Waals surface area contributed by atoms with Crippen LogP contribution in [0.25, 0.3) is 0 Å². The second-order valence-electron chi connectivity index (χ2n) is 3.83. The highest BCUT2D eigenvalue weighted by molar-refractivity contribution is 9.10. The molecule has 10 heteroatoms. The first-order chi connectivity index (χ1) is 9.06. The zero-order valence-corrected chi connectivity index (χ0v) is 13.2. The summed E-state index contributed by atoms with van der Waals surface area (Å²) in [5.74, 6) is -5.23. The summed E-state index contributed by atoms with van der Waals surface area (Å²) >= 11 is 3.07. The Morgan fingerprint density at radius 3 is 1.90 bits per heavy atom. The van der Waals surface area contributed by atoms with Gasteiger partial charge >= 0.3 is 12.1 Å². The van der Waals surface area contributed by atoms with Crippen molar-refractivity contribution < 1.29 is 31.4 Å². The smallest absolute Gasteiger partial charge is 0.455 e. The first-order valence-electron chi connectivity index (χ1n) is 5.17. The molecule has 3 nitrogen and oxygen atoms in total. The highest BCUT2D eigenvalue weighted by atomic mass is 79.9. The molecular weight excluding hydrogens is 388 g/mol. The average Bonchev–Trinajstić information content (AvgIpc) is 2.36. The second kappa shape index (κ2) is 6.97. The van der Waals surface area contributed by atoms with E-state index in [-0.39, 0.29) is 23.9 Å². The van der Waals surface area contributed by atoms with E-state index in [1.807, 2.05) is 0 Å². The minimum absolute atomic E-state index is 0. The number of rotatable bonds is 4. The Morgan fingerprint density at radius 1 is 1.05 bits per heavy atom. The van der Waals surface area contributed by atoms with Crippen molar-refractivity contribution in [2.24, 2.45) is 5.73 Å². The fraction of sp³-hybridized carbons (Fsp3) is 0.455. The van der Waals surface area contributed by atoms with Gasteiger partial charge in [-0.3, -0.25) is 0 Å². The number of ether oxygens (including phenoxy) is 2. The topological polar surface area (TPSA) is 44.5 Å². The molecule has 1 aromatic rings. The fourth-order valence-electron chi connectivity index (χ4n) is 1.50. The van der Waals surface area contributed by atoms with Crippen LogP contribution >= 0.6 is 28.3 Å². The molecule has 21 heavy (non-hydrogen) atoms. The van der Waals surface area contributed by atoms with E-state index in [0.29, 0.717) is 4.47 Å². The highest BCUT2D eigenvalue weighted by Gasteiger charge is 2.62. The molecule has 0 radical (unpaired) electrons. The molecule has 1 aromatic carbocycles. The Bertz CT molecular complexity index is 498. The van der Waals surface area contributed by atoms with E-state index in [1.165, 1.54) is 13.2 Å². The molecule has 0 saturated carbocycles. The molecule has 1 rings (SSSR count). The zero-order valence-electron chi connectivity index (χ0n) is 10.8. The van der Waals surface area contributed by atoms with Gasteiger partial charge in [0, 0.05) is 5.56 Å². The van der Waals surface area contributed by atoms with Crippen LogP contribution in [-0.4, -0.2) is 26.3 Å². The van der Waals surface area contributed by atoms with Crippen molar-refractivity contribution in [3.8, 4) is 11.5 Å². The van der Waals surface area contributed by atoms with Gasteiger partial charge in [-0.2, -0.15) is 22.0 Å². The predicted octanol–water partition coefficient (Wildman–Crippen LogP) is 4.09. The van der Waals surface area contributed by atoms with Gasteiger partial charge < -0.3 is 15.2 Å². The van der Waals surface area contributed by atoms with Gasteiger partial charge in [0.15, 0.2) is 0 Å². The number of hydrogen-bond acceptors (Lipinski definition) is 3. The van der Waals surface area contributed by atoms with Gasteiger partial charge in [0.05, 0.1) is 18.7 Å². The van der Waals surface area contributed by atoms with E-state index in [0.717, 1.165) is 13.2 Å². The van der Waals surface area contributed by atoms with Crippen molar-refractivity contribution in [1.29, 1.82) is 0 Å². The molecule has 0 saturated heterocycles. The first-order valence-corrected chi connectivity index (χ1v) is 5.97. The number of alkyl halides is 5. The molecule has 1 atom stereocenters. The Kier molecular flexibility index (Phi) is 6.71. The normalized spacial score (nSPS) is 13.4. The number of benzene rings is 1. The van der Waals surface area contributed by atoms with Crippen molar-refractivity contribution in [3.63, 3.8) is 0 Å².